The number of carbonyl (C=O) groups excluding carboxylic acids is 1. The number of hydrogen-bond donors (Lipinski definition) is 1. The molecule has 0 aromatic carbocycles. The molecular formula is C10H9ClN2O. The molecule has 72 valence electrons. The molecule has 0 saturated carbocycles. The highest BCUT2D eigenvalue weighted by molar-refractivity contribution is 6.32. The minimum absolute atomic E-state index is 0.200. The monoisotopic (exact) mass is 208 g/mol. The molecule has 0 bridgehead atoms. The summed E-state index contributed by atoms with van der Waals surface area (Å²) in [6, 6.07) is 3.27. The molecule has 0 fully saturated rings. The SMILES string of the molecule is C#CCCNC(=O)c1cccnc1Cl. The van der Waals surface area contributed by atoms with Crippen LogP contribution in [0.1, 0.15) is 16.8 Å². The van der Waals surface area contributed by atoms with E-state index in [-0.39, 0.29) is 11.1 Å². The molecule has 1 aromatic rings. The summed E-state index contributed by atoms with van der Waals surface area (Å²) in [4.78, 5) is 15.2. The van der Waals surface area contributed by atoms with Crippen molar-refractivity contribution in [1.82, 2.24) is 10.3 Å². The van der Waals surface area contributed by atoms with Crippen LogP contribution in [-0.4, -0.2) is 17.4 Å². The normalized spacial score (nSPS) is 9.14. The molecule has 0 saturated heterocycles. The van der Waals surface area contributed by atoms with Crippen LogP contribution in [0, 0.1) is 12.3 Å². The molecule has 0 unspecified atom stereocenters. The lowest BCUT2D eigenvalue weighted by Gasteiger charge is -2.03. The van der Waals surface area contributed by atoms with Gasteiger partial charge in [-0.05, 0) is 12.1 Å². The molecule has 0 radical (unpaired) electrons. The second kappa shape index (κ2) is 5.25. The second-order valence-corrected chi connectivity index (χ2v) is 2.91. The van der Waals surface area contributed by atoms with Gasteiger partial charge in [0, 0.05) is 19.2 Å². The maximum Gasteiger partial charge on any atom is 0.254 e. The van der Waals surface area contributed by atoms with Crippen molar-refractivity contribution in [2.24, 2.45) is 0 Å². The zero-order valence-corrected chi connectivity index (χ0v) is 8.21. The Labute approximate surface area is 87.5 Å². The summed E-state index contributed by atoms with van der Waals surface area (Å²) in [5.41, 5.74) is 0.367. The Hall–Kier alpha value is -1.53. The lowest BCUT2D eigenvalue weighted by Crippen LogP contribution is -2.24. The third-order valence-corrected chi connectivity index (χ3v) is 1.86. The molecule has 0 atom stereocenters. The number of carbonyl (C=O) groups is 1. The topological polar surface area (TPSA) is 42.0 Å². The van der Waals surface area contributed by atoms with Gasteiger partial charge in [-0.15, -0.1) is 12.3 Å². The van der Waals surface area contributed by atoms with Gasteiger partial charge in [0.25, 0.3) is 5.91 Å². The largest absolute Gasteiger partial charge is 0.351 e. The summed E-state index contributed by atoms with van der Waals surface area (Å²) in [6.45, 7) is 0.445. The van der Waals surface area contributed by atoms with E-state index in [1.807, 2.05) is 0 Å². The van der Waals surface area contributed by atoms with Crippen molar-refractivity contribution in [3.8, 4) is 12.3 Å². The molecule has 0 aliphatic heterocycles. The first-order valence-corrected chi connectivity index (χ1v) is 4.45. The summed E-state index contributed by atoms with van der Waals surface area (Å²) in [7, 11) is 0. The van der Waals surface area contributed by atoms with Gasteiger partial charge in [0.15, 0.2) is 0 Å². The van der Waals surface area contributed by atoms with Crippen molar-refractivity contribution >= 4 is 17.5 Å². The lowest BCUT2D eigenvalue weighted by atomic mass is 10.2. The fourth-order valence-corrected chi connectivity index (χ4v) is 1.10. The fraction of sp³-hybridized carbons (Fsp3) is 0.200. The van der Waals surface area contributed by atoms with Gasteiger partial charge in [-0.25, -0.2) is 4.98 Å². The van der Waals surface area contributed by atoms with E-state index in [0.717, 1.165) is 0 Å². The maximum atomic E-state index is 11.4. The molecule has 1 aromatic heterocycles. The number of nitrogens with one attached hydrogen (secondary N) is 1. The number of hydrogen-bond acceptors (Lipinski definition) is 2. The van der Waals surface area contributed by atoms with E-state index in [9.17, 15) is 4.79 Å². The second-order valence-electron chi connectivity index (χ2n) is 2.55. The highest BCUT2D eigenvalue weighted by Crippen LogP contribution is 2.10. The van der Waals surface area contributed by atoms with Crippen LogP contribution >= 0.6 is 11.6 Å². The molecular weight excluding hydrogens is 200 g/mol. The third kappa shape index (κ3) is 2.75. The Morgan fingerprint density at radius 3 is 3.14 bits per heavy atom. The van der Waals surface area contributed by atoms with Crippen molar-refractivity contribution in [3.05, 3.63) is 29.0 Å². The van der Waals surface area contributed by atoms with Crippen molar-refractivity contribution in [3.63, 3.8) is 0 Å². The van der Waals surface area contributed by atoms with Crippen LogP contribution < -0.4 is 5.32 Å². The van der Waals surface area contributed by atoms with Gasteiger partial charge in [0.05, 0.1) is 5.56 Å². The van der Waals surface area contributed by atoms with Crippen molar-refractivity contribution < 1.29 is 4.79 Å². The molecule has 1 amide bonds. The molecule has 0 aliphatic carbocycles. The molecule has 14 heavy (non-hydrogen) atoms. The first kappa shape index (κ1) is 10.6. The van der Waals surface area contributed by atoms with E-state index in [1.54, 1.807) is 12.1 Å². The van der Waals surface area contributed by atoms with Gasteiger partial charge in [0.1, 0.15) is 5.15 Å². The Kier molecular flexibility index (Phi) is 3.96. The number of amides is 1. The Balaban J connectivity index is 2.62. The zero-order valence-electron chi connectivity index (χ0n) is 7.46. The molecule has 0 aliphatic rings. The minimum Gasteiger partial charge on any atom is -0.351 e. The van der Waals surface area contributed by atoms with E-state index in [1.165, 1.54) is 6.20 Å². The standard InChI is InChI=1S/C10H9ClN2O/c1-2-3-6-13-10(14)8-5-4-7-12-9(8)11/h1,4-5,7H,3,6H2,(H,13,14). The Bertz CT molecular complexity index is 371. The van der Waals surface area contributed by atoms with Crippen LogP contribution in [0.4, 0.5) is 0 Å². The van der Waals surface area contributed by atoms with E-state index in [2.05, 4.69) is 16.2 Å². The molecule has 1 heterocycles. The van der Waals surface area contributed by atoms with Gasteiger partial charge >= 0.3 is 0 Å². The summed E-state index contributed by atoms with van der Waals surface area (Å²) >= 11 is 5.72. The summed E-state index contributed by atoms with van der Waals surface area (Å²) in [5, 5.41) is 2.83. The predicted molar refractivity (Wildman–Crippen MR) is 55.0 cm³/mol. The Morgan fingerprint density at radius 1 is 1.71 bits per heavy atom. The van der Waals surface area contributed by atoms with Crippen molar-refractivity contribution in [2.75, 3.05) is 6.54 Å². The summed E-state index contributed by atoms with van der Waals surface area (Å²) < 4.78 is 0. The van der Waals surface area contributed by atoms with Gasteiger partial charge in [-0.2, -0.15) is 0 Å². The van der Waals surface area contributed by atoms with Gasteiger partial charge in [-0.1, -0.05) is 11.6 Å². The van der Waals surface area contributed by atoms with Crippen LogP contribution in [-0.2, 0) is 0 Å². The van der Waals surface area contributed by atoms with Crippen LogP contribution in [0.3, 0.4) is 0 Å². The average Bonchev–Trinajstić information content (AvgIpc) is 2.18. The van der Waals surface area contributed by atoms with Gasteiger partial charge in [-0.3, -0.25) is 4.79 Å². The summed E-state index contributed by atoms with van der Waals surface area (Å²) in [6.07, 6.45) is 7.08. The van der Waals surface area contributed by atoms with Crippen molar-refractivity contribution in [1.29, 1.82) is 0 Å². The maximum absolute atomic E-state index is 11.4. The number of pyridine rings is 1. The van der Waals surface area contributed by atoms with Gasteiger partial charge in [0.2, 0.25) is 0 Å². The zero-order chi connectivity index (χ0) is 10.4. The lowest BCUT2D eigenvalue weighted by molar-refractivity contribution is 0.0954. The fourth-order valence-electron chi connectivity index (χ4n) is 0.899. The number of aromatic nitrogens is 1. The molecule has 1 N–H and O–H groups in total. The van der Waals surface area contributed by atoms with Crippen LogP contribution in [0.25, 0.3) is 0 Å². The van der Waals surface area contributed by atoms with E-state index in [0.29, 0.717) is 18.5 Å². The number of halogens is 1. The number of terminal acetylenes is 1. The predicted octanol–water partition coefficient (Wildman–Crippen LogP) is 1.49. The quantitative estimate of drug-likeness (QED) is 0.465. The smallest absolute Gasteiger partial charge is 0.254 e. The van der Waals surface area contributed by atoms with Crippen LogP contribution in [0.5, 0.6) is 0 Å². The Morgan fingerprint density at radius 2 is 2.50 bits per heavy atom. The van der Waals surface area contributed by atoms with E-state index < -0.39 is 0 Å². The number of rotatable bonds is 3. The van der Waals surface area contributed by atoms with Gasteiger partial charge < -0.3 is 5.32 Å². The first-order valence-electron chi connectivity index (χ1n) is 4.08. The average molecular weight is 209 g/mol. The molecule has 4 heteroatoms. The third-order valence-electron chi connectivity index (χ3n) is 1.56. The first-order chi connectivity index (χ1) is 6.75. The van der Waals surface area contributed by atoms with Crippen LogP contribution in [0.15, 0.2) is 18.3 Å². The van der Waals surface area contributed by atoms with Crippen LogP contribution in [0.2, 0.25) is 5.15 Å². The van der Waals surface area contributed by atoms with E-state index in [4.69, 9.17) is 18.0 Å². The van der Waals surface area contributed by atoms with Crippen molar-refractivity contribution in [2.45, 2.75) is 6.42 Å². The molecule has 1 rings (SSSR count). The number of nitrogens with zero attached hydrogens (tertiary/aromatic N) is 1. The minimum atomic E-state index is -0.252. The highest BCUT2D eigenvalue weighted by atomic mass is 35.5. The molecule has 0 spiro atoms. The van der Waals surface area contributed by atoms with E-state index >= 15 is 0 Å². The molecule has 3 nitrogen and oxygen atoms in total. The summed E-state index contributed by atoms with van der Waals surface area (Å²) in [5.74, 6) is 2.17. The highest BCUT2D eigenvalue weighted by Gasteiger charge is 2.08.